The van der Waals surface area contributed by atoms with Crippen LogP contribution in [-0.2, 0) is 14.3 Å². The van der Waals surface area contributed by atoms with Crippen molar-refractivity contribution in [2.24, 2.45) is 0 Å². The van der Waals surface area contributed by atoms with Gasteiger partial charge in [-0.2, -0.15) is 0 Å². The molecular weight excluding hydrogens is 274 g/mol. The minimum Gasteiger partial charge on any atom is -0.493 e. The van der Waals surface area contributed by atoms with Crippen molar-refractivity contribution in [2.75, 3.05) is 33.4 Å². The molecule has 1 saturated heterocycles. The van der Waals surface area contributed by atoms with E-state index in [4.69, 9.17) is 14.2 Å². The van der Waals surface area contributed by atoms with Gasteiger partial charge in [-0.15, -0.1) is 0 Å². The molecule has 2 rings (SSSR count). The smallest absolute Gasteiger partial charge is 0.344 e. The van der Waals surface area contributed by atoms with E-state index in [1.54, 1.807) is 29.2 Å². The number of methoxy groups -OCH3 is 1. The molecule has 0 unspecified atom stereocenters. The summed E-state index contributed by atoms with van der Waals surface area (Å²) in [6, 6.07) is 7.01. The SMILES string of the molecule is COc1ccccc1OCC(=O)OCC(=O)N1CCCC1. The Hall–Kier alpha value is -2.24. The first-order valence-corrected chi connectivity index (χ1v) is 6.90. The van der Waals surface area contributed by atoms with Crippen LogP contribution < -0.4 is 9.47 Å². The highest BCUT2D eigenvalue weighted by molar-refractivity contribution is 5.81. The van der Waals surface area contributed by atoms with Crippen LogP contribution in [0.15, 0.2) is 24.3 Å². The zero-order valence-electron chi connectivity index (χ0n) is 12.0. The first kappa shape index (κ1) is 15.2. The Labute approximate surface area is 123 Å². The summed E-state index contributed by atoms with van der Waals surface area (Å²) in [5, 5.41) is 0. The summed E-state index contributed by atoms with van der Waals surface area (Å²) in [6.45, 7) is 1.00. The van der Waals surface area contributed by atoms with Gasteiger partial charge in [-0.1, -0.05) is 12.1 Å². The lowest BCUT2D eigenvalue weighted by atomic mass is 10.3. The third-order valence-corrected chi connectivity index (χ3v) is 3.23. The second kappa shape index (κ2) is 7.52. The Balaban J connectivity index is 1.73. The number of hydrogen-bond acceptors (Lipinski definition) is 5. The fraction of sp³-hybridized carbons (Fsp3) is 0.467. The van der Waals surface area contributed by atoms with E-state index in [-0.39, 0.29) is 19.1 Å². The van der Waals surface area contributed by atoms with Crippen LogP contribution in [0.4, 0.5) is 0 Å². The van der Waals surface area contributed by atoms with Gasteiger partial charge in [-0.05, 0) is 25.0 Å². The van der Waals surface area contributed by atoms with Gasteiger partial charge in [0.15, 0.2) is 24.7 Å². The van der Waals surface area contributed by atoms with Crippen molar-refractivity contribution in [3.05, 3.63) is 24.3 Å². The van der Waals surface area contributed by atoms with Gasteiger partial charge in [0.25, 0.3) is 5.91 Å². The molecule has 1 aromatic carbocycles. The Morgan fingerprint density at radius 2 is 1.76 bits per heavy atom. The first-order valence-electron chi connectivity index (χ1n) is 6.90. The molecule has 1 aliphatic heterocycles. The standard InChI is InChI=1S/C15H19NO5/c1-19-12-6-2-3-7-13(12)20-11-15(18)21-10-14(17)16-8-4-5-9-16/h2-3,6-7H,4-5,8-11H2,1H3. The van der Waals surface area contributed by atoms with Crippen molar-refractivity contribution in [2.45, 2.75) is 12.8 Å². The van der Waals surface area contributed by atoms with Gasteiger partial charge in [0.1, 0.15) is 0 Å². The van der Waals surface area contributed by atoms with E-state index >= 15 is 0 Å². The zero-order valence-corrected chi connectivity index (χ0v) is 12.0. The molecule has 6 heteroatoms. The van der Waals surface area contributed by atoms with Gasteiger partial charge in [-0.25, -0.2) is 4.79 Å². The molecule has 1 fully saturated rings. The molecule has 0 bridgehead atoms. The zero-order chi connectivity index (χ0) is 15.1. The predicted molar refractivity (Wildman–Crippen MR) is 75.3 cm³/mol. The number of likely N-dealkylation sites (tertiary alicyclic amines) is 1. The van der Waals surface area contributed by atoms with Crippen molar-refractivity contribution < 1.29 is 23.8 Å². The number of para-hydroxylation sites is 2. The summed E-state index contributed by atoms with van der Waals surface area (Å²) in [6.07, 6.45) is 2.02. The Kier molecular flexibility index (Phi) is 5.43. The fourth-order valence-electron chi connectivity index (χ4n) is 2.12. The molecule has 0 saturated carbocycles. The molecular formula is C15H19NO5. The lowest BCUT2D eigenvalue weighted by Crippen LogP contribution is -2.32. The quantitative estimate of drug-likeness (QED) is 0.738. The molecule has 114 valence electrons. The van der Waals surface area contributed by atoms with E-state index in [0.29, 0.717) is 11.5 Å². The molecule has 0 radical (unpaired) electrons. The third kappa shape index (κ3) is 4.37. The average molecular weight is 293 g/mol. The molecule has 1 heterocycles. The third-order valence-electron chi connectivity index (χ3n) is 3.23. The molecule has 6 nitrogen and oxygen atoms in total. The van der Waals surface area contributed by atoms with E-state index in [0.717, 1.165) is 25.9 Å². The lowest BCUT2D eigenvalue weighted by Gasteiger charge is -2.15. The van der Waals surface area contributed by atoms with Crippen molar-refractivity contribution >= 4 is 11.9 Å². The number of ether oxygens (including phenoxy) is 3. The summed E-state index contributed by atoms with van der Waals surface area (Å²) in [4.78, 5) is 25.0. The van der Waals surface area contributed by atoms with Crippen LogP contribution >= 0.6 is 0 Å². The van der Waals surface area contributed by atoms with E-state index in [2.05, 4.69) is 0 Å². The predicted octanol–water partition coefficient (Wildman–Crippen LogP) is 1.24. The van der Waals surface area contributed by atoms with Crippen molar-refractivity contribution in [3.63, 3.8) is 0 Å². The van der Waals surface area contributed by atoms with E-state index in [1.807, 2.05) is 0 Å². The minimum absolute atomic E-state index is 0.154. The number of benzene rings is 1. The molecule has 1 aromatic rings. The molecule has 0 aromatic heterocycles. The van der Waals surface area contributed by atoms with Gasteiger partial charge >= 0.3 is 5.97 Å². The topological polar surface area (TPSA) is 65.1 Å². The molecule has 0 spiro atoms. The number of esters is 1. The highest BCUT2D eigenvalue weighted by Gasteiger charge is 2.19. The van der Waals surface area contributed by atoms with Crippen LogP contribution in [0, 0.1) is 0 Å². The average Bonchev–Trinajstić information content (AvgIpc) is 3.05. The highest BCUT2D eigenvalue weighted by atomic mass is 16.6. The maximum Gasteiger partial charge on any atom is 0.344 e. The number of carbonyl (C=O) groups is 2. The monoisotopic (exact) mass is 293 g/mol. The van der Waals surface area contributed by atoms with Gasteiger partial charge in [0.2, 0.25) is 0 Å². The van der Waals surface area contributed by atoms with Crippen LogP contribution in [0.25, 0.3) is 0 Å². The van der Waals surface area contributed by atoms with Crippen LogP contribution in [0.5, 0.6) is 11.5 Å². The Morgan fingerprint density at radius 1 is 1.10 bits per heavy atom. The first-order chi connectivity index (χ1) is 10.2. The number of carbonyl (C=O) groups excluding carboxylic acids is 2. The molecule has 1 aliphatic rings. The van der Waals surface area contributed by atoms with E-state index < -0.39 is 5.97 Å². The van der Waals surface area contributed by atoms with E-state index in [1.165, 1.54) is 7.11 Å². The second-order valence-corrected chi connectivity index (χ2v) is 4.69. The lowest BCUT2D eigenvalue weighted by molar-refractivity contribution is -0.153. The van der Waals surface area contributed by atoms with Crippen LogP contribution in [0.2, 0.25) is 0 Å². The van der Waals surface area contributed by atoms with Crippen LogP contribution in [-0.4, -0.2) is 50.2 Å². The molecule has 21 heavy (non-hydrogen) atoms. The highest BCUT2D eigenvalue weighted by Crippen LogP contribution is 2.25. The largest absolute Gasteiger partial charge is 0.493 e. The summed E-state index contributed by atoms with van der Waals surface area (Å²) >= 11 is 0. The van der Waals surface area contributed by atoms with Crippen LogP contribution in [0.3, 0.4) is 0 Å². The van der Waals surface area contributed by atoms with Gasteiger partial charge in [-0.3, -0.25) is 4.79 Å². The Morgan fingerprint density at radius 3 is 2.43 bits per heavy atom. The summed E-state index contributed by atoms with van der Waals surface area (Å²) in [7, 11) is 1.52. The molecule has 0 aliphatic carbocycles. The summed E-state index contributed by atoms with van der Waals surface area (Å²) < 4.78 is 15.3. The second-order valence-electron chi connectivity index (χ2n) is 4.69. The molecule has 1 amide bonds. The molecule has 0 atom stereocenters. The summed E-state index contributed by atoms with van der Waals surface area (Å²) in [5.41, 5.74) is 0. The maximum atomic E-state index is 11.7. The van der Waals surface area contributed by atoms with Crippen molar-refractivity contribution in [1.82, 2.24) is 4.90 Å². The normalized spacial score (nSPS) is 13.9. The van der Waals surface area contributed by atoms with E-state index in [9.17, 15) is 9.59 Å². The maximum absolute atomic E-state index is 11.7. The van der Waals surface area contributed by atoms with Crippen molar-refractivity contribution in [3.8, 4) is 11.5 Å². The van der Waals surface area contributed by atoms with Gasteiger partial charge < -0.3 is 19.1 Å². The molecule has 0 N–H and O–H groups in total. The van der Waals surface area contributed by atoms with Crippen LogP contribution in [0.1, 0.15) is 12.8 Å². The summed E-state index contributed by atoms with van der Waals surface area (Å²) in [5.74, 6) is 0.271. The van der Waals surface area contributed by atoms with Crippen molar-refractivity contribution in [1.29, 1.82) is 0 Å². The van der Waals surface area contributed by atoms with Gasteiger partial charge in [0.05, 0.1) is 7.11 Å². The number of nitrogens with zero attached hydrogens (tertiary/aromatic N) is 1. The number of hydrogen-bond donors (Lipinski definition) is 0. The minimum atomic E-state index is -0.576. The van der Waals surface area contributed by atoms with Gasteiger partial charge in [0, 0.05) is 13.1 Å². The Bertz CT molecular complexity index is 497. The number of rotatable bonds is 6. The number of amides is 1. The fourth-order valence-corrected chi connectivity index (χ4v) is 2.12.